The molecule has 0 radical (unpaired) electrons. The summed E-state index contributed by atoms with van der Waals surface area (Å²) in [7, 11) is 2.85. The Morgan fingerprint density at radius 3 is 2.04 bits per heavy atom. The molecule has 0 aliphatic carbocycles. The second-order valence-corrected chi connectivity index (χ2v) is 7.94. The SMILES string of the molecule is COC(=O)[C@H](NC(=O)OC(C)(C)C)c1cc(I)c(OC)c(I)c1. The van der Waals surface area contributed by atoms with E-state index in [1.165, 1.54) is 7.11 Å². The number of methoxy groups -OCH3 is 2. The fraction of sp³-hybridized carbons (Fsp3) is 0.467. The third-order valence-corrected chi connectivity index (χ3v) is 4.26. The number of carbonyl (C=O) groups is 2. The van der Waals surface area contributed by atoms with Crippen LogP contribution in [0.1, 0.15) is 32.4 Å². The standard InChI is InChI=1S/C15H19I2NO5/c1-15(2,3)23-14(20)18-11(13(19)22-5)8-6-9(16)12(21-4)10(17)7-8/h6-7,11H,1-5H3,(H,18,20)/t11-/m1/s1. The van der Waals surface area contributed by atoms with Crippen LogP contribution in [0.25, 0.3) is 0 Å². The summed E-state index contributed by atoms with van der Waals surface area (Å²) in [6.45, 7) is 5.25. The van der Waals surface area contributed by atoms with E-state index in [0.29, 0.717) is 5.56 Å². The van der Waals surface area contributed by atoms with E-state index in [0.717, 1.165) is 12.9 Å². The van der Waals surface area contributed by atoms with Gasteiger partial charge in [-0.1, -0.05) is 0 Å². The average Bonchev–Trinajstić information content (AvgIpc) is 2.41. The van der Waals surface area contributed by atoms with Crippen molar-refractivity contribution in [2.75, 3.05) is 14.2 Å². The van der Waals surface area contributed by atoms with E-state index in [-0.39, 0.29) is 0 Å². The molecule has 1 aromatic rings. The maximum absolute atomic E-state index is 12.1. The second kappa shape index (κ2) is 8.36. The van der Waals surface area contributed by atoms with Gasteiger partial charge in [0.25, 0.3) is 0 Å². The van der Waals surface area contributed by atoms with Gasteiger partial charge in [0.1, 0.15) is 11.4 Å². The molecule has 0 heterocycles. The van der Waals surface area contributed by atoms with Crippen LogP contribution in [0, 0.1) is 7.14 Å². The minimum absolute atomic E-state index is 0.576. The summed E-state index contributed by atoms with van der Waals surface area (Å²) in [6, 6.07) is 2.57. The number of rotatable bonds is 4. The van der Waals surface area contributed by atoms with Gasteiger partial charge in [0, 0.05) is 0 Å². The molecule has 0 bridgehead atoms. The maximum atomic E-state index is 12.1. The van der Waals surface area contributed by atoms with Gasteiger partial charge in [0.15, 0.2) is 6.04 Å². The lowest BCUT2D eigenvalue weighted by Gasteiger charge is -2.23. The lowest BCUT2D eigenvalue weighted by Crippen LogP contribution is -2.38. The van der Waals surface area contributed by atoms with Gasteiger partial charge in [0.05, 0.1) is 21.4 Å². The third kappa shape index (κ3) is 5.98. The predicted molar refractivity (Wildman–Crippen MR) is 103 cm³/mol. The van der Waals surface area contributed by atoms with Crippen molar-refractivity contribution < 1.29 is 23.8 Å². The highest BCUT2D eigenvalue weighted by molar-refractivity contribution is 14.1. The molecule has 0 unspecified atom stereocenters. The van der Waals surface area contributed by atoms with Crippen molar-refractivity contribution in [1.29, 1.82) is 0 Å². The lowest BCUT2D eigenvalue weighted by atomic mass is 10.1. The zero-order chi connectivity index (χ0) is 17.8. The van der Waals surface area contributed by atoms with Crippen LogP contribution < -0.4 is 10.1 Å². The second-order valence-electron chi connectivity index (χ2n) is 5.62. The van der Waals surface area contributed by atoms with Crippen molar-refractivity contribution in [2.24, 2.45) is 0 Å². The Bertz CT molecular complexity index is 575. The smallest absolute Gasteiger partial charge is 0.408 e. The first-order chi connectivity index (χ1) is 10.6. The number of carbonyl (C=O) groups excluding carboxylic acids is 2. The van der Waals surface area contributed by atoms with Gasteiger partial charge in [-0.3, -0.25) is 0 Å². The summed E-state index contributed by atoms with van der Waals surface area (Å²) in [6.07, 6.45) is -0.686. The van der Waals surface area contributed by atoms with Crippen molar-refractivity contribution in [2.45, 2.75) is 32.4 Å². The topological polar surface area (TPSA) is 73.9 Å². The zero-order valence-corrected chi connectivity index (χ0v) is 17.8. The van der Waals surface area contributed by atoms with Crippen LogP contribution >= 0.6 is 45.2 Å². The number of benzene rings is 1. The number of amides is 1. The van der Waals surface area contributed by atoms with E-state index in [2.05, 4.69) is 50.5 Å². The van der Waals surface area contributed by atoms with E-state index in [9.17, 15) is 9.59 Å². The molecule has 1 atom stereocenters. The Morgan fingerprint density at radius 2 is 1.65 bits per heavy atom. The molecule has 1 aromatic carbocycles. The minimum atomic E-state index is -0.956. The van der Waals surface area contributed by atoms with Crippen molar-refractivity contribution >= 4 is 57.2 Å². The van der Waals surface area contributed by atoms with Gasteiger partial charge in [-0.05, 0) is 83.6 Å². The summed E-state index contributed by atoms with van der Waals surface area (Å²) < 4.78 is 16.9. The van der Waals surface area contributed by atoms with Crippen LogP contribution in [0.3, 0.4) is 0 Å². The molecule has 8 heteroatoms. The zero-order valence-electron chi connectivity index (χ0n) is 13.5. The number of hydrogen-bond acceptors (Lipinski definition) is 5. The summed E-state index contributed by atoms with van der Waals surface area (Å²) in [4.78, 5) is 24.0. The number of ether oxygens (including phenoxy) is 3. The Labute approximate surface area is 162 Å². The van der Waals surface area contributed by atoms with E-state index < -0.39 is 23.7 Å². The molecule has 0 spiro atoms. The van der Waals surface area contributed by atoms with Crippen LogP contribution in [0.5, 0.6) is 5.75 Å². The molecular weight excluding hydrogens is 528 g/mol. The van der Waals surface area contributed by atoms with E-state index in [1.807, 2.05) is 0 Å². The van der Waals surface area contributed by atoms with Gasteiger partial charge in [-0.25, -0.2) is 9.59 Å². The lowest BCUT2D eigenvalue weighted by molar-refractivity contribution is -0.143. The number of hydrogen-bond donors (Lipinski definition) is 1. The highest BCUT2D eigenvalue weighted by Gasteiger charge is 2.27. The van der Waals surface area contributed by atoms with E-state index in [1.54, 1.807) is 40.0 Å². The molecule has 128 valence electrons. The van der Waals surface area contributed by atoms with Gasteiger partial charge < -0.3 is 19.5 Å². The largest absolute Gasteiger partial charge is 0.495 e. The first kappa shape index (κ1) is 20.3. The molecule has 0 saturated heterocycles. The Hall–Kier alpha value is -0.780. The number of halogens is 2. The highest BCUT2D eigenvalue weighted by atomic mass is 127. The normalized spacial score (nSPS) is 12.3. The maximum Gasteiger partial charge on any atom is 0.408 e. The summed E-state index contributed by atoms with van der Waals surface area (Å²) in [5.74, 6) is 0.142. The molecule has 1 rings (SSSR count). The van der Waals surface area contributed by atoms with Crippen LogP contribution in [0.15, 0.2) is 12.1 Å². The highest BCUT2D eigenvalue weighted by Crippen LogP contribution is 2.31. The number of alkyl carbamates (subject to hydrolysis) is 1. The Kier molecular flexibility index (Phi) is 7.36. The predicted octanol–water partition coefficient (Wildman–Crippen LogP) is 3.64. The number of nitrogens with one attached hydrogen (secondary N) is 1. The first-order valence-electron chi connectivity index (χ1n) is 6.69. The quantitative estimate of drug-likeness (QED) is 0.461. The summed E-state index contributed by atoms with van der Waals surface area (Å²) in [5, 5.41) is 2.55. The molecular formula is C15H19I2NO5. The number of esters is 1. The third-order valence-electron chi connectivity index (χ3n) is 2.66. The molecule has 1 amide bonds. The van der Waals surface area contributed by atoms with Gasteiger partial charge in [-0.15, -0.1) is 0 Å². The molecule has 1 N–H and O–H groups in total. The average molecular weight is 547 g/mol. The van der Waals surface area contributed by atoms with Crippen molar-refractivity contribution in [1.82, 2.24) is 5.32 Å². The fourth-order valence-corrected chi connectivity index (χ4v) is 4.02. The fourth-order valence-electron chi connectivity index (χ4n) is 1.76. The molecule has 0 aliphatic rings. The molecule has 6 nitrogen and oxygen atoms in total. The van der Waals surface area contributed by atoms with Gasteiger partial charge in [-0.2, -0.15) is 0 Å². The molecule has 0 fully saturated rings. The molecule has 0 saturated carbocycles. The summed E-state index contributed by atoms with van der Waals surface area (Å²) >= 11 is 4.22. The van der Waals surface area contributed by atoms with E-state index >= 15 is 0 Å². The van der Waals surface area contributed by atoms with Crippen molar-refractivity contribution in [3.63, 3.8) is 0 Å². The van der Waals surface area contributed by atoms with Crippen LogP contribution in [0.2, 0.25) is 0 Å². The first-order valence-corrected chi connectivity index (χ1v) is 8.85. The van der Waals surface area contributed by atoms with Crippen LogP contribution in [-0.4, -0.2) is 31.9 Å². The van der Waals surface area contributed by atoms with E-state index in [4.69, 9.17) is 14.2 Å². The molecule has 0 aromatic heterocycles. The van der Waals surface area contributed by atoms with Crippen LogP contribution in [-0.2, 0) is 14.3 Å². The van der Waals surface area contributed by atoms with Crippen molar-refractivity contribution in [3.8, 4) is 5.75 Å². The minimum Gasteiger partial charge on any atom is -0.495 e. The van der Waals surface area contributed by atoms with Crippen molar-refractivity contribution in [3.05, 3.63) is 24.8 Å². The molecule has 0 aliphatic heterocycles. The monoisotopic (exact) mass is 547 g/mol. The Morgan fingerprint density at radius 1 is 1.13 bits per heavy atom. The molecule has 23 heavy (non-hydrogen) atoms. The Balaban J connectivity index is 3.13. The van der Waals surface area contributed by atoms with Gasteiger partial charge >= 0.3 is 12.1 Å². The van der Waals surface area contributed by atoms with Crippen LogP contribution in [0.4, 0.5) is 4.79 Å². The van der Waals surface area contributed by atoms with Gasteiger partial charge in [0.2, 0.25) is 0 Å². The summed E-state index contributed by atoms with van der Waals surface area (Å²) in [5.41, 5.74) is -0.0645.